The molecule has 1 aromatic rings. The predicted molar refractivity (Wildman–Crippen MR) is 89.4 cm³/mol. The van der Waals surface area contributed by atoms with E-state index in [1.807, 2.05) is 43.3 Å². The van der Waals surface area contributed by atoms with Gasteiger partial charge in [-0.3, -0.25) is 9.69 Å². The number of allylic oxidation sites excluding steroid dienone is 1. The molecule has 1 aliphatic heterocycles. The number of benzene rings is 1. The predicted octanol–water partition coefficient (Wildman–Crippen LogP) is 3.46. The maximum absolute atomic E-state index is 12.0. The zero-order valence-corrected chi connectivity index (χ0v) is 13.0. The fourth-order valence-corrected chi connectivity index (χ4v) is 2.71. The van der Waals surface area contributed by atoms with Gasteiger partial charge in [0.05, 0.1) is 12.3 Å². The number of rotatable bonds is 6. The van der Waals surface area contributed by atoms with Crippen molar-refractivity contribution in [3.8, 4) is 0 Å². The van der Waals surface area contributed by atoms with Crippen LogP contribution in [-0.4, -0.2) is 27.4 Å². The summed E-state index contributed by atoms with van der Waals surface area (Å²) in [6, 6.07) is 9.92. The summed E-state index contributed by atoms with van der Waals surface area (Å²) in [7, 11) is 0. The summed E-state index contributed by atoms with van der Waals surface area (Å²) in [6.07, 6.45) is 3.60. The van der Waals surface area contributed by atoms with E-state index in [0.29, 0.717) is 17.5 Å². The Morgan fingerprint density at radius 3 is 2.90 bits per heavy atom. The van der Waals surface area contributed by atoms with Gasteiger partial charge in [-0.15, -0.1) is 11.7 Å². The van der Waals surface area contributed by atoms with Gasteiger partial charge < -0.3 is 0 Å². The molecule has 4 nitrogen and oxygen atoms in total. The molecule has 0 spiro atoms. The van der Waals surface area contributed by atoms with Crippen molar-refractivity contribution in [2.75, 3.05) is 5.75 Å². The van der Waals surface area contributed by atoms with Gasteiger partial charge in [-0.2, -0.15) is 5.10 Å². The molecule has 0 aliphatic carbocycles. The lowest BCUT2D eigenvalue weighted by Crippen LogP contribution is -2.28. The molecule has 0 bridgehead atoms. The Bertz CT molecular complexity index is 566. The molecule has 1 heterocycles. The molecule has 1 aromatic carbocycles. The molecule has 21 heavy (non-hydrogen) atoms. The number of hydrogen-bond acceptors (Lipinski definition) is 4. The molecule has 1 amide bonds. The minimum atomic E-state index is 0.0848. The molecular weight excluding hydrogens is 282 g/mol. The SMILES string of the molecule is C=CCC/C(C)=N\N=C1\SCC(=O)N1Cc1ccccc1. The summed E-state index contributed by atoms with van der Waals surface area (Å²) in [5, 5.41) is 9.14. The summed E-state index contributed by atoms with van der Waals surface area (Å²) in [4.78, 5) is 13.7. The van der Waals surface area contributed by atoms with Crippen LogP contribution >= 0.6 is 11.8 Å². The van der Waals surface area contributed by atoms with Crippen molar-refractivity contribution < 1.29 is 4.79 Å². The third-order valence-corrected chi connectivity index (χ3v) is 4.01. The standard InChI is InChI=1S/C16H19N3OS/c1-3-4-8-13(2)17-18-16-19(15(20)12-21-16)11-14-9-6-5-7-10-14/h3,5-7,9-10H,1,4,8,11-12H2,2H3/b17-13-,18-16+. The van der Waals surface area contributed by atoms with E-state index in [4.69, 9.17) is 0 Å². The van der Waals surface area contributed by atoms with Crippen LogP contribution in [-0.2, 0) is 11.3 Å². The van der Waals surface area contributed by atoms with Crippen molar-refractivity contribution in [1.82, 2.24) is 4.90 Å². The third kappa shape index (κ3) is 4.56. The molecule has 0 N–H and O–H groups in total. The number of hydrogen-bond donors (Lipinski definition) is 0. The Kier molecular flexibility index (Phi) is 5.75. The average molecular weight is 301 g/mol. The Hall–Kier alpha value is -1.88. The molecule has 2 rings (SSSR count). The van der Waals surface area contributed by atoms with E-state index in [1.54, 1.807) is 4.90 Å². The molecule has 0 aromatic heterocycles. The summed E-state index contributed by atoms with van der Waals surface area (Å²) in [5.41, 5.74) is 2.04. The van der Waals surface area contributed by atoms with Crippen LogP contribution in [0.4, 0.5) is 0 Å². The van der Waals surface area contributed by atoms with Gasteiger partial charge >= 0.3 is 0 Å². The largest absolute Gasteiger partial charge is 0.285 e. The van der Waals surface area contributed by atoms with E-state index in [0.717, 1.165) is 24.1 Å². The second-order valence-corrected chi connectivity index (χ2v) is 5.74. The van der Waals surface area contributed by atoms with Crippen LogP contribution in [0.3, 0.4) is 0 Å². The smallest absolute Gasteiger partial charge is 0.239 e. The molecule has 0 saturated carbocycles. The van der Waals surface area contributed by atoms with Crippen LogP contribution in [0.15, 0.2) is 53.2 Å². The maximum atomic E-state index is 12.0. The van der Waals surface area contributed by atoms with Gasteiger partial charge in [-0.1, -0.05) is 48.2 Å². The first-order valence-corrected chi connectivity index (χ1v) is 7.88. The van der Waals surface area contributed by atoms with E-state index in [1.165, 1.54) is 11.8 Å². The minimum Gasteiger partial charge on any atom is -0.285 e. The van der Waals surface area contributed by atoms with E-state index in [2.05, 4.69) is 16.8 Å². The fraction of sp³-hybridized carbons (Fsp3) is 0.312. The molecule has 110 valence electrons. The Balaban J connectivity index is 2.07. The molecule has 0 unspecified atom stereocenters. The highest BCUT2D eigenvalue weighted by molar-refractivity contribution is 8.15. The highest BCUT2D eigenvalue weighted by Crippen LogP contribution is 2.22. The fourth-order valence-electron chi connectivity index (χ4n) is 1.88. The van der Waals surface area contributed by atoms with Gasteiger partial charge in [-0.25, -0.2) is 0 Å². The lowest BCUT2D eigenvalue weighted by atomic mass is 10.2. The van der Waals surface area contributed by atoms with Crippen LogP contribution < -0.4 is 0 Å². The zero-order valence-electron chi connectivity index (χ0n) is 12.2. The summed E-state index contributed by atoms with van der Waals surface area (Å²) in [6.45, 7) is 6.18. The van der Waals surface area contributed by atoms with E-state index in [-0.39, 0.29) is 5.91 Å². The second-order valence-electron chi connectivity index (χ2n) is 4.80. The van der Waals surface area contributed by atoms with Crippen molar-refractivity contribution in [3.05, 3.63) is 48.6 Å². The highest BCUT2D eigenvalue weighted by atomic mass is 32.2. The molecule has 1 saturated heterocycles. The number of amides is 1. The summed E-state index contributed by atoms with van der Waals surface area (Å²) < 4.78 is 0. The van der Waals surface area contributed by atoms with Gasteiger partial charge in [-0.05, 0) is 25.3 Å². The van der Waals surface area contributed by atoms with Crippen LogP contribution in [0.5, 0.6) is 0 Å². The van der Waals surface area contributed by atoms with Crippen LogP contribution in [0.25, 0.3) is 0 Å². The van der Waals surface area contributed by atoms with Gasteiger partial charge in [0.15, 0.2) is 5.17 Å². The Morgan fingerprint density at radius 2 is 2.19 bits per heavy atom. The van der Waals surface area contributed by atoms with Crippen LogP contribution in [0.2, 0.25) is 0 Å². The lowest BCUT2D eigenvalue weighted by molar-refractivity contribution is -0.124. The molecule has 1 aliphatic rings. The Morgan fingerprint density at radius 1 is 1.43 bits per heavy atom. The quantitative estimate of drug-likeness (QED) is 0.459. The summed E-state index contributed by atoms with van der Waals surface area (Å²) >= 11 is 1.44. The second kappa shape index (κ2) is 7.78. The first-order valence-electron chi connectivity index (χ1n) is 6.90. The van der Waals surface area contributed by atoms with Crippen molar-refractivity contribution in [3.63, 3.8) is 0 Å². The third-order valence-electron chi connectivity index (χ3n) is 3.06. The van der Waals surface area contributed by atoms with Crippen LogP contribution in [0.1, 0.15) is 25.3 Å². The van der Waals surface area contributed by atoms with Crippen molar-refractivity contribution >= 4 is 28.5 Å². The zero-order chi connectivity index (χ0) is 15.1. The first-order chi connectivity index (χ1) is 10.2. The molecule has 0 radical (unpaired) electrons. The van der Waals surface area contributed by atoms with Crippen LogP contribution in [0, 0.1) is 0 Å². The van der Waals surface area contributed by atoms with Gasteiger partial charge in [0, 0.05) is 5.71 Å². The van der Waals surface area contributed by atoms with E-state index >= 15 is 0 Å². The highest BCUT2D eigenvalue weighted by Gasteiger charge is 2.28. The number of amidine groups is 1. The number of carbonyl (C=O) groups is 1. The van der Waals surface area contributed by atoms with Crippen molar-refractivity contribution in [2.24, 2.45) is 10.2 Å². The maximum Gasteiger partial charge on any atom is 0.239 e. The van der Waals surface area contributed by atoms with Gasteiger partial charge in [0.1, 0.15) is 0 Å². The number of nitrogens with zero attached hydrogens (tertiary/aromatic N) is 3. The minimum absolute atomic E-state index is 0.0848. The summed E-state index contributed by atoms with van der Waals surface area (Å²) in [5.74, 6) is 0.522. The number of carbonyl (C=O) groups excluding carboxylic acids is 1. The van der Waals surface area contributed by atoms with Crippen molar-refractivity contribution in [1.29, 1.82) is 0 Å². The number of thioether (sulfide) groups is 1. The first kappa shape index (κ1) is 15.5. The lowest BCUT2D eigenvalue weighted by Gasteiger charge is -2.15. The molecular formula is C16H19N3OS. The van der Waals surface area contributed by atoms with E-state index in [9.17, 15) is 4.79 Å². The molecule has 5 heteroatoms. The normalized spacial score (nSPS) is 17.6. The molecule has 0 atom stereocenters. The van der Waals surface area contributed by atoms with E-state index < -0.39 is 0 Å². The van der Waals surface area contributed by atoms with Crippen molar-refractivity contribution in [2.45, 2.75) is 26.3 Å². The average Bonchev–Trinajstić information content (AvgIpc) is 2.85. The monoisotopic (exact) mass is 301 g/mol. The molecule has 1 fully saturated rings. The Labute approximate surface area is 129 Å². The van der Waals surface area contributed by atoms with Gasteiger partial charge in [0.2, 0.25) is 5.91 Å². The topological polar surface area (TPSA) is 45.0 Å². The van der Waals surface area contributed by atoms with Gasteiger partial charge in [0.25, 0.3) is 0 Å².